The highest BCUT2D eigenvalue weighted by Crippen LogP contribution is 2.57. The summed E-state index contributed by atoms with van der Waals surface area (Å²) in [7, 11) is 4.78. The van der Waals surface area contributed by atoms with Gasteiger partial charge in [-0.05, 0) is 51.4 Å². The SMILES string of the molecule is COc1c(C)cc2c(c1O)[C@@H]1C3=Cc4c(O)c(C)c(OC)c(O)c4[C@H](CNC(=O)[C@@H](C)N)N3[C@@H](O)[C@H](C2)N1C. The molecule has 0 aromatic heterocycles. The number of fused-ring (bicyclic) bond motifs is 7. The summed E-state index contributed by atoms with van der Waals surface area (Å²) >= 11 is 0. The standard InChI is InChI=1S/C28H36N4O7/c1-11-7-14-8-17-28(37)32-16(21(31(17)4)19(14)23(34)25(11)38-5)9-15-20(18(32)10-30-27(36)13(3)29)24(35)26(39-6)12(2)22(15)33/h7,9,13,17-18,21,28,33-35,37H,8,10,29H2,1-6H3,(H,30,36)/t13-,17+,18+,21+,28+/m1/s1. The van der Waals surface area contributed by atoms with E-state index in [2.05, 4.69) is 5.32 Å². The van der Waals surface area contributed by atoms with Gasteiger partial charge in [-0.25, -0.2) is 0 Å². The van der Waals surface area contributed by atoms with Crippen LogP contribution < -0.4 is 20.5 Å². The fourth-order valence-electron chi connectivity index (χ4n) is 6.47. The number of hydrogen-bond donors (Lipinski definition) is 6. The van der Waals surface area contributed by atoms with E-state index in [0.29, 0.717) is 40.1 Å². The van der Waals surface area contributed by atoms with Crippen molar-refractivity contribution in [2.75, 3.05) is 27.8 Å². The number of nitrogens with one attached hydrogen (secondary N) is 1. The number of likely N-dealkylation sites (N-methyl/N-ethyl adjacent to an activating group) is 1. The molecule has 2 bridgehead atoms. The predicted octanol–water partition coefficient (Wildman–Crippen LogP) is 1.53. The number of phenols is 3. The molecule has 5 rings (SSSR count). The van der Waals surface area contributed by atoms with E-state index in [0.717, 1.165) is 11.1 Å². The molecule has 0 aliphatic carbocycles. The van der Waals surface area contributed by atoms with Crippen LogP contribution in [-0.4, -0.2) is 82.3 Å². The minimum Gasteiger partial charge on any atom is -0.507 e. The molecular weight excluding hydrogens is 504 g/mol. The fourth-order valence-corrected chi connectivity index (χ4v) is 6.47. The molecule has 5 atom stereocenters. The Morgan fingerprint density at radius 1 is 1.13 bits per heavy atom. The fraction of sp³-hybridized carbons (Fsp3) is 0.464. The third-order valence-electron chi connectivity index (χ3n) is 8.37. The summed E-state index contributed by atoms with van der Waals surface area (Å²) in [6.45, 7) is 5.05. The molecule has 0 unspecified atom stereocenters. The Balaban J connectivity index is 1.78. The second-order valence-electron chi connectivity index (χ2n) is 10.6. The van der Waals surface area contributed by atoms with Gasteiger partial charge in [0.1, 0.15) is 12.0 Å². The van der Waals surface area contributed by atoms with Crippen molar-refractivity contribution in [2.45, 2.75) is 57.6 Å². The maximum absolute atomic E-state index is 12.5. The lowest BCUT2D eigenvalue weighted by Crippen LogP contribution is -2.63. The Labute approximate surface area is 227 Å². The van der Waals surface area contributed by atoms with Crippen molar-refractivity contribution in [2.24, 2.45) is 5.73 Å². The van der Waals surface area contributed by atoms with Gasteiger partial charge in [0.15, 0.2) is 23.0 Å². The molecule has 210 valence electrons. The summed E-state index contributed by atoms with van der Waals surface area (Å²) in [5, 5.41) is 48.6. The highest BCUT2D eigenvalue weighted by atomic mass is 16.5. The number of amides is 1. The van der Waals surface area contributed by atoms with Crippen LogP contribution in [0.15, 0.2) is 11.8 Å². The lowest BCUT2D eigenvalue weighted by atomic mass is 9.77. The number of aliphatic hydroxyl groups excluding tert-OH is 1. The van der Waals surface area contributed by atoms with Crippen LogP contribution in [0, 0.1) is 13.8 Å². The summed E-state index contributed by atoms with van der Waals surface area (Å²) in [5.41, 5.74) is 9.72. The van der Waals surface area contributed by atoms with E-state index in [1.165, 1.54) is 14.2 Å². The molecule has 2 aromatic rings. The second kappa shape index (κ2) is 9.51. The van der Waals surface area contributed by atoms with Crippen LogP contribution in [0.4, 0.5) is 0 Å². The number of aryl methyl sites for hydroxylation is 1. The van der Waals surface area contributed by atoms with E-state index in [1.54, 1.807) is 24.8 Å². The molecule has 1 fully saturated rings. The van der Waals surface area contributed by atoms with E-state index >= 15 is 0 Å². The zero-order valence-corrected chi connectivity index (χ0v) is 22.9. The van der Waals surface area contributed by atoms with Gasteiger partial charge in [0.2, 0.25) is 5.91 Å². The lowest BCUT2D eigenvalue weighted by molar-refractivity contribution is -0.124. The van der Waals surface area contributed by atoms with Crippen molar-refractivity contribution >= 4 is 12.0 Å². The Morgan fingerprint density at radius 2 is 1.77 bits per heavy atom. The zero-order valence-electron chi connectivity index (χ0n) is 22.9. The number of nitrogens with two attached hydrogens (primary N) is 1. The smallest absolute Gasteiger partial charge is 0.236 e. The van der Waals surface area contributed by atoms with Crippen molar-refractivity contribution in [3.05, 3.63) is 45.1 Å². The molecule has 1 saturated heterocycles. The van der Waals surface area contributed by atoms with Crippen molar-refractivity contribution in [1.29, 1.82) is 0 Å². The number of benzene rings is 2. The monoisotopic (exact) mass is 540 g/mol. The summed E-state index contributed by atoms with van der Waals surface area (Å²) in [4.78, 5) is 16.3. The molecule has 1 amide bonds. The number of carbonyl (C=O) groups excluding carboxylic acids is 1. The van der Waals surface area contributed by atoms with Gasteiger partial charge in [0.25, 0.3) is 0 Å². The molecule has 2 aromatic carbocycles. The molecule has 0 spiro atoms. The minimum atomic E-state index is -1.05. The third kappa shape index (κ3) is 3.79. The molecule has 3 aliphatic heterocycles. The molecule has 11 nitrogen and oxygen atoms in total. The van der Waals surface area contributed by atoms with E-state index in [4.69, 9.17) is 15.2 Å². The highest BCUT2D eigenvalue weighted by Gasteiger charge is 2.52. The average molecular weight is 541 g/mol. The van der Waals surface area contributed by atoms with Crippen molar-refractivity contribution < 1.29 is 34.7 Å². The third-order valence-corrected chi connectivity index (χ3v) is 8.37. The van der Waals surface area contributed by atoms with Crippen LogP contribution >= 0.6 is 0 Å². The van der Waals surface area contributed by atoms with Crippen molar-refractivity contribution in [1.82, 2.24) is 15.1 Å². The molecule has 11 heteroatoms. The second-order valence-corrected chi connectivity index (χ2v) is 10.6. The highest BCUT2D eigenvalue weighted by molar-refractivity contribution is 5.81. The maximum Gasteiger partial charge on any atom is 0.236 e. The minimum absolute atomic E-state index is 0.0137. The number of nitrogens with zero attached hydrogens (tertiary/aromatic N) is 2. The topological polar surface area (TPSA) is 161 Å². The number of methoxy groups -OCH3 is 2. The summed E-state index contributed by atoms with van der Waals surface area (Å²) in [6.07, 6.45) is 1.13. The molecule has 3 heterocycles. The number of ether oxygens (including phenoxy) is 2. The summed E-state index contributed by atoms with van der Waals surface area (Å²) < 4.78 is 10.9. The van der Waals surface area contributed by atoms with Crippen LogP contribution in [0.3, 0.4) is 0 Å². The first-order valence-electron chi connectivity index (χ1n) is 12.9. The van der Waals surface area contributed by atoms with Gasteiger partial charge >= 0.3 is 0 Å². The first-order chi connectivity index (χ1) is 18.4. The Kier molecular flexibility index (Phi) is 6.56. The Hall–Kier alpha value is -3.67. The van der Waals surface area contributed by atoms with Crippen LogP contribution in [0.2, 0.25) is 0 Å². The maximum atomic E-state index is 12.5. The van der Waals surface area contributed by atoms with E-state index in [-0.39, 0.29) is 35.6 Å². The van der Waals surface area contributed by atoms with Gasteiger partial charge in [-0.2, -0.15) is 0 Å². The number of aromatic hydroxyl groups is 3. The largest absolute Gasteiger partial charge is 0.507 e. The molecule has 7 N–H and O–H groups in total. The van der Waals surface area contributed by atoms with Crippen molar-refractivity contribution in [3.8, 4) is 28.7 Å². The van der Waals surface area contributed by atoms with Crippen molar-refractivity contribution in [3.63, 3.8) is 0 Å². The van der Waals surface area contributed by atoms with Crippen LogP contribution in [0.25, 0.3) is 6.08 Å². The molecule has 0 saturated carbocycles. The summed E-state index contributed by atoms with van der Waals surface area (Å²) in [5.74, 6) is -0.171. The van der Waals surface area contributed by atoms with Crippen LogP contribution in [0.5, 0.6) is 28.7 Å². The van der Waals surface area contributed by atoms with Gasteiger partial charge in [-0.1, -0.05) is 6.07 Å². The van der Waals surface area contributed by atoms with E-state index < -0.39 is 30.3 Å². The molecular formula is C28H36N4O7. The first-order valence-corrected chi connectivity index (χ1v) is 12.9. The number of rotatable bonds is 5. The molecule has 3 aliphatic rings. The van der Waals surface area contributed by atoms with Gasteiger partial charge in [-0.3, -0.25) is 9.69 Å². The number of hydrogen-bond acceptors (Lipinski definition) is 10. The number of piperazine rings is 1. The lowest BCUT2D eigenvalue weighted by Gasteiger charge is -2.57. The van der Waals surface area contributed by atoms with Gasteiger partial charge < -0.3 is 45.9 Å². The molecule has 39 heavy (non-hydrogen) atoms. The van der Waals surface area contributed by atoms with E-state index in [9.17, 15) is 25.2 Å². The summed E-state index contributed by atoms with van der Waals surface area (Å²) in [6, 6.07) is -0.468. The average Bonchev–Trinajstić information content (AvgIpc) is 2.88. The Morgan fingerprint density at radius 3 is 2.38 bits per heavy atom. The number of phenolic OH excluding ortho intramolecular Hbond substituents is 3. The van der Waals surface area contributed by atoms with Crippen LogP contribution in [-0.2, 0) is 11.2 Å². The number of carbonyl (C=O) groups is 1. The van der Waals surface area contributed by atoms with Gasteiger partial charge in [0, 0.05) is 34.5 Å². The van der Waals surface area contributed by atoms with Gasteiger partial charge in [0.05, 0.1) is 38.4 Å². The number of aliphatic hydroxyl groups is 1. The quantitative estimate of drug-likeness (QED) is 0.307. The van der Waals surface area contributed by atoms with Crippen LogP contribution in [0.1, 0.15) is 52.4 Å². The first kappa shape index (κ1) is 26.9. The molecule has 0 radical (unpaired) electrons. The van der Waals surface area contributed by atoms with Gasteiger partial charge in [-0.15, -0.1) is 0 Å². The normalized spacial score (nSPS) is 24.2. The van der Waals surface area contributed by atoms with E-state index in [1.807, 2.05) is 24.9 Å². The predicted molar refractivity (Wildman–Crippen MR) is 144 cm³/mol. The zero-order chi connectivity index (χ0) is 28.5. The Bertz CT molecular complexity index is 1390.